The number of aromatic amines is 1. The molecule has 31 heavy (non-hydrogen) atoms. The molecule has 2 aromatic heterocycles. The van der Waals surface area contributed by atoms with Crippen LogP contribution in [0.3, 0.4) is 0 Å². The summed E-state index contributed by atoms with van der Waals surface area (Å²) in [7, 11) is 0. The molecule has 3 heterocycles. The van der Waals surface area contributed by atoms with E-state index in [2.05, 4.69) is 20.1 Å². The summed E-state index contributed by atoms with van der Waals surface area (Å²) in [5.74, 6) is 1.36. The van der Waals surface area contributed by atoms with Crippen molar-refractivity contribution in [2.75, 3.05) is 13.1 Å². The van der Waals surface area contributed by atoms with Gasteiger partial charge in [-0.05, 0) is 67.6 Å². The van der Waals surface area contributed by atoms with E-state index < -0.39 is 0 Å². The Morgan fingerprint density at radius 1 is 1.16 bits per heavy atom. The summed E-state index contributed by atoms with van der Waals surface area (Å²) in [6.07, 6.45) is 5.22. The van der Waals surface area contributed by atoms with Crippen molar-refractivity contribution in [3.63, 3.8) is 0 Å². The Bertz CT molecular complexity index is 1190. The Hall–Kier alpha value is -3.55. The fourth-order valence-electron chi connectivity index (χ4n) is 4.07. The summed E-state index contributed by atoms with van der Waals surface area (Å²) in [4.78, 5) is 26.4. The van der Waals surface area contributed by atoms with Gasteiger partial charge in [0, 0.05) is 30.6 Å². The average Bonchev–Trinajstić information content (AvgIpc) is 3.47. The SMILES string of the molecule is O=C(c1ccc2nc[nH]c2c1)N1CCC(CCc2noc(-c3ccc(F)cc3)n2)CC1. The second-order valence-corrected chi connectivity index (χ2v) is 7.93. The number of amides is 1. The molecule has 0 spiro atoms. The van der Waals surface area contributed by atoms with Gasteiger partial charge < -0.3 is 14.4 Å². The van der Waals surface area contributed by atoms with Crippen LogP contribution in [0.5, 0.6) is 0 Å². The zero-order valence-electron chi connectivity index (χ0n) is 16.9. The zero-order chi connectivity index (χ0) is 21.2. The van der Waals surface area contributed by atoms with Gasteiger partial charge in [0.25, 0.3) is 11.8 Å². The molecule has 1 aliphatic rings. The number of likely N-dealkylation sites (tertiary alicyclic amines) is 1. The van der Waals surface area contributed by atoms with E-state index >= 15 is 0 Å². The van der Waals surface area contributed by atoms with Gasteiger partial charge in [-0.25, -0.2) is 9.37 Å². The molecule has 0 radical (unpaired) electrons. The number of nitrogens with one attached hydrogen (secondary N) is 1. The molecule has 0 aliphatic carbocycles. The molecule has 1 amide bonds. The molecule has 2 aromatic carbocycles. The summed E-state index contributed by atoms with van der Waals surface area (Å²) in [6, 6.07) is 11.6. The largest absolute Gasteiger partial charge is 0.345 e. The fraction of sp³-hybridized carbons (Fsp3) is 0.304. The number of piperidine rings is 1. The first kappa shape index (κ1) is 19.4. The van der Waals surface area contributed by atoms with Crippen molar-refractivity contribution in [3.05, 3.63) is 66.0 Å². The number of hydrogen-bond donors (Lipinski definition) is 1. The van der Waals surface area contributed by atoms with Crippen LogP contribution >= 0.6 is 0 Å². The van der Waals surface area contributed by atoms with E-state index in [4.69, 9.17) is 4.52 Å². The van der Waals surface area contributed by atoms with E-state index in [1.54, 1.807) is 18.5 Å². The molecule has 0 bridgehead atoms. The number of H-pyrrole nitrogens is 1. The molecule has 0 saturated carbocycles. The van der Waals surface area contributed by atoms with E-state index in [9.17, 15) is 9.18 Å². The van der Waals surface area contributed by atoms with Crippen molar-refractivity contribution in [2.45, 2.75) is 25.7 Å². The Labute approximate surface area is 178 Å². The van der Waals surface area contributed by atoms with Crippen LogP contribution in [0.25, 0.3) is 22.5 Å². The monoisotopic (exact) mass is 419 g/mol. The minimum Gasteiger partial charge on any atom is -0.345 e. The van der Waals surface area contributed by atoms with E-state index in [-0.39, 0.29) is 11.7 Å². The van der Waals surface area contributed by atoms with Crippen molar-refractivity contribution in [1.29, 1.82) is 0 Å². The first-order valence-electron chi connectivity index (χ1n) is 10.5. The van der Waals surface area contributed by atoms with Crippen LogP contribution in [0.1, 0.15) is 35.4 Å². The molecule has 7 nitrogen and oxygen atoms in total. The number of carbonyl (C=O) groups is 1. The van der Waals surface area contributed by atoms with Crippen LogP contribution in [0, 0.1) is 11.7 Å². The fourth-order valence-corrected chi connectivity index (χ4v) is 4.07. The van der Waals surface area contributed by atoms with Gasteiger partial charge in [-0.2, -0.15) is 4.98 Å². The number of rotatable bonds is 5. The van der Waals surface area contributed by atoms with Crippen LogP contribution < -0.4 is 0 Å². The normalized spacial score (nSPS) is 14.9. The summed E-state index contributed by atoms with van der Waals surface area (Å²) < 4.78 is 18.4. The first-order valence-corrected chi connectivity index (χ1v) is 10.5. The smallest absolute Gasteiger partial charge is 0.257 e. The van der Waals surface area contributed by atoms with Crippen molar-refractivity contribution >= 4 is 16.9 Å². The molecule has 1 fully saturated rings. The summed E-state index contributed by atoms with van der Waals surface area (Å²) in [5.41, 5.74) is 3.13. The van der Waals surface area contributed by atoms with Gasteiger partial charge in [0.1, 0.15) is 5.82 Å². The molecule has 1 aliphatic heterocycles. The third-order valence-corrected chi connectivity index (χ3v) is 5.90. The molecule has 1 saturated heterocycles. The average molecular weight is 419 g/mol. The Morgan fingerprint density at radius 3 is 2.77 bits per heavy atom. The third kappa shape index (κ3) is 4.19. The molecule has 0 unspecified atom stereocenters. The topological polar surface area (TPSA) is 87.9 Å². The highest BCUT2D eigenvalue weighted by molar-refractivity contribution is 5.97. The van der Waals surface area contributed by atoms with Crippen molar-refractivity contribution in [2.24, 2.45) is 5.92 Å². The molecular weight excluding hydrogens is 397 g/mol. The number of nitrogens with zero attached hydrogens (tertiary/aromatic N) is 4. The molecule has 4 aromatic rings. The number of aryl methyl sites for hydroxylation is 1. The number of hydrogen-bond acceptors (Lipinski definition) is 5. The Balaban J connectivity index is 1.13. The van der Waals surface area contributed by atoms with Crippen molar-refractivity contribution in [3.8, 4) is 11.5 Å². The quantitative estimate of drug-likeness (QED) is 0.523. The maximum absolute atomic E-state index is 13.1. The van der Waals surface area contributed by atoms with Crippen LogP contribution in [0.4, 0.5) is 4.39 Å². The number of halogens is 1. The van der Waals surface area contributed by atoms with Gasteiger partial charge >= 0.3 is 0 Å². The Kier molecular flexibility index (Phi) is 5.19. The lowest BCUT2D eigenvalue weighted by molar-refractivity contribution is 0.0687. The highest BCUT2D eigenvalue weighted by atomic mass is 19.1. The molecule has 5 rings (SSSR count). The predicted molar refractivity (Wildman–Crippen MR) is 113 cm³/mol. The zero-order valence-corrected chi connectivity index (χ0v) is 16.9. The third-order valence-electron chi connectivity index (χ3n) is 5.90. The summed E-state index contributed by atoms with van der Waals surface area (Å²) in [6.45, 7) is 1.50. The molecule has 158 valence electrons. The van der Waals surface area contributed by atoms with E-state index in [1.807, 2.05) is 23.1 Å². The van der Waals surface area contributed by atoms with Crippen LogP contribution in [0.15, 0.2) is 53.3 Å². The number of benzene rings is 2. The van der Waals surface area contributed by atoms with E-state index in [0.29, 0.717) is 28.8 Å². The van der Waals surface area contributed by atoms with Gasteiger partial charge in [-0.1, -0.05) is 5.16 Å². The lowest BCUT2D eigenvalue weighted by atomic mass is 9.91. The lowest BCUT2D eigenvalue weighted by Gasteiger charge is -2.32. The predicted octanol–water partition coefficient (Wildman–Crippen LogP) is 4.24. The summed E-state index contributed by atoms with van der Waals surface area (Å²) in [5, 5.41) is 4.05. The Morgan fingerprint density at radius 2 is 1.97 bits per heavy atom. The number of aromatic nitrogens is 4. The number of carbonyl (C=O) groups excluding carboxylic acids is 1. The van der Waals surface area contributed by atoms with Crippen molar-refractivity contribution < 1.29 is 13.7 Å². The number of fused-ring (bicyclic) bond motifs is 1. The maximum Gasteiger partial charge on any atom is 0.257 e. The van der Waals surface area contributed by atoms with Gasteiger partial charge in [-0.3, -0.25) is 4.79 Å². The standard InChI is InChI=1S/C23H22FN5O2/c24-18-5-2-16(3-6-18)22-27-21(28-31-22)8-1-15-9-11-29(12-10-15)23(30)17-4-7-19-20(13-17)26-14-25-19/h2-7,13-15H,1,8-12H2,(H,25,26). The van der Waals surface area contributed by atoms with Crippen LogP contribution in [-0.4, -0.2) is 44.0 Å². The van der Waals surface area contributed by atoms with E-state index in [0.717, 1.165) is 49.8 Å². The van der Waals surface area contributed by atoms with E-state index in [1.165, 1.54) is 12.1 Å². The van der Waals surface area contributed by atoms with Gasteiger partial charge in [0.05, 0.1) is 17.4 Å². The molecule has 1 N–H and O–H groups in total. The lowest BCUT2D eigenvalue weighted by Crippen LogP contribution is -2.38. The first-order chi connectivity index (χ1) is 15.2. The van der Waals surface area contributed by atoms with Gasteiger partial charge in [0.2, 0.25) is 0 Å². The minimum atomic E-state index is -0.296. The minimum absolute atomic E-state index is 0.0667. The summed E-state index contributed by atoms with van der Waals surface area (Å²) >= 11 is 0. The van der Waals surface area contributed by atoms with Crippen molar-refractivity contribution in [1.82, 2.24) is 25.0 Å². The van der Waals surface area contributed by atoms with Gasteiger partial charge in [0.15, 0.2) is 5.82 Å². The highest BCUT2D eigenvalue weighted by Gasteiger charge is 2.24. The molecule has 0 atom stereocenters. The molecular formula is C23H22FN5O2. The van der Waals surface area contributed by atoms with Gasteiger partial charge in [-0.15, -0.1) is 0 Å². The van der Waals surface area contributed by atoms with Crippen LogP contribution in [0.2, 0.25) is 0 Å². The highest BCUT2D eigenvalue weighted by Crippen LogP contribution is 2.25. The number of imidazole rings is 1. The second-order valence-electron chi connectivity index (χ2n) is 7.93. The van der Waals surface area contributed by atoms with Crippen LogP contribution in [-0.2, 0) is 6.42 Å². The second kappa shape index (κ2) is 8.29. The maximum atomic E-state index is 13.1. The molecule has 8 heteroatoms.